The molecule has 1 amide bonds. The molecule has 2 rings (SSSR count). The summed E-state index contributed by atoms with van der Waals surface area (Å²) < 4.78 is 4.86. The van der Waals surface area contributed by atoms with E-state index in [-0.39, 0.29) is 11.1 Å². The summed E-state index contributed by atoms with van der Waals surface area (Å²) >= 11 is 7.25. The van der Waals surface area contributed by atoms with Gasteiger partial charge in [-0.15, -0.1) is 11.3 Å². The fourth-order valence-corrected chi connectivity index (χ4v) is 2.37. The molecule has 0 aliphatic carbocycles. The fraction of sp³-hybridized carbons (Fsp3) is 0.154. The van der Waals surface area contributed by atoms with Crippen LogP contribution >= 0.6 is 22.9 Å². The first-order valence-electron chi connectivity index (χ1n) is 5.48. The van der Waals surface area contributed by atoms with E-state index in [1.807, 2.05) is 11.4 Å². The second-order valence-electron chi connectivity index (χ2n) is 3.60. The highest BCUT2D eigenvalue weighted by atomic mass is 35.5. The average molecular weight is 295 g/mol. The van der Waals surface area contributed by atoms with Crippen molar-refractivity contribution in [2.45, 2.75) is 6.54 Å². The number of nitrogens with two attached hydrogens (primary N) is 1. The number of nitrogens with one attached hydrogen (secondary N) is 1. The molecule has 0 aliphatic rings. The van der Waals surface area contributed by atoms with Crippen LogP contribution in [0.15, 0.2) is 28.2 Å². The summed E-state index contributed by atoms with van der Waals surface area (Å²) in [6.45, 7) is 0.760. The van der Waals surface area contributed by atoms with Gasteiger partial charge < -0.3 is 15.5 Å². The Morgan fingerprint density at radius 1 is 1.58 bits per heavy atom. The van der Waals surface area contributed by atoms with Gasteiger partial charge in [-0.1, -0.05) is 11.8 Å². The summed E-state index contributed by atoms with van der Waals surface area (Å²) in [6.07, 6.45) is 1.38. The van der Waals surface area contributed by atoms with Gasteiger partial charge in [0.2, 0.25) is 5.22 Å². The molecule has 4 nitrogen and oxygen atoms in total. The monoisotopic (exact) mass is 294 g/mol. The molecule has 0 aromatic carbocycles. The van der Waals surface area contributed by atoms with Crippen LogP contribution in [0.5, 0.6) is 0 Å². The molecule has 98 valence electrons. The maximum atomic E-state index is 11.8. The Morgan fingerprint density at radius 3 is 3.11 bits per heavy atom. The number of halogens is 1. The molecule has 0 radical (unpaired) electrons. The Bertz CT molecular complexity index is 636. The predicted octanol–water partition coefficient (Wildman–Crippen LogP) is 2.23. The van der Waals surface area contributed by atoms with Gasteiger partial charge in [0.1, 0.15) is 0 Å². The van der Waals surface area contributed by atoms with Crippen molar-refractivity contribution in [1.29, 1.82) is 0 Å². The van der Waals surface area contributed by atoms with Gasteiger partial charge in [-0.25, -0.2) is 0 Å². The minimum absolute atomic E-state index is 0.0955. The molecule has 0 atom stereocenters. The summed E-state index contributed by atoms with van der Waals surface area (Å²) in [4.78, 5) is 12.8. The number of amides is 1. The van der Waals surface area contributed by atoms with Crippen molar-refractivity contribution in [3.8, 4) is 11.8 Å². The zero-order valence-electron chi connectivity index (χ0n) is 9.90. The predicted molar refractivity (Wildman–Crippen MR) is 75.1 cm³/mol. The summed E-state index contributed by atoms with van der Waals surface area (Å²) in [6, 6.07) is 3.45. The number of hydrogen-bond donors (Lipinski definition) is 2. The highest BCUT2D eigenvalue weighted by Crippen LogP contribution is 2.17. The van der Waals surface area contributed by atoms with Crippen LogP contribution in [-0.4, -0.2) is 12.5 Å². The smallest absolute Gasteiger partial charge is 0.256 e. The zero-order chi connectivity index (χ0) is 13.7. The molecule has 2 aromatic rings. The van der Waals surface area contributed by atoms with Crippen LogP contribution in [-0.2, 0) is 6.54 Å². The molecule has 0 bridgehead atoms. The first kappa shape index (κ1) is 13.7. The van der Waals surface area contributed by atoms with Gasteiger partial charge in [0.25, 0.3) is 5.91 Å². The standard InChI is InChI=1S/C13H11ClN2O2S/c14-12-11(3-5-18-12)13(17)16-7-10-6-9(8-19-10)2-1-4-15/h3,5-6,8H,4,7,15H2,(H,16,17). The first-order chi connectivity index (χ1) is 9.20. The van der Waals surface area contributed by atoms with Crippen LogP contribution in [0.2, 0.25) is 5.22 Å². The van der Waals surface area contributed by atoms with Gasteiger partial charge in [-0.2, -0.15) is 0 Å². The third-order valence-corrected chi connectivity index (χ3v) is 3.50. The molecule has 0 unspecified atom stereocenters. The molecule has 0 saturated carbocycles. The topological polar surface area (TPSA) is 68.3 Å². The van der Waals surface area contributed by atoms with Crippen LogP contribution in [0.4, 0.5) is 0 Å². The highest BCUT2D eigenvalue weighted by molar-refractivity contribution is 7.10. The zero-order valence-corrected chi connectivity index (χ0v) is 11.5. The molecular formula is C13H11ClN2O2S. The number of thiophene rings is 1. The molecule has 0 aliphatic heterocycles. The van der Waals surface area contributed by atoms with E-state index < -0.39 is 0 Å². The van der Waals surface area contributed by atoms with Gasteiger partial charge in [0, 0.05) is 15.8 Å². The highest BCUT2D eigenvalue weighted by Gasteiger charge is 2.12. The summed E-state index contributed by atoms with van der Waals surface area (Å²) in [7, 11) is 0. The fourth-order valence-electron chi connectivity index (χ4n) is 1.41. The van der Waals surface area contributed by atoms with Crippen LogP contribution in [0, 0.1) is 11.8 Å². The van der Waals surface area contributed by atoms with Crippen LogP contribution in [0.1, 0.15) is 20.8 Å². The largest absolute Gasteiger partial charge is 0.452 e. The molecule has 0 fully saturated rings. The van der Waals surface area contributed by atoms with Crippen molar-refractivity contribution in [3.05, 3.63) is 45.0 Å². The van der Waals surface area contributed by atoms with Gasteiger partial charge in [-0.05, 0) is 23.7 Å². The third-order valence-electron chi connectivity index (χ3n) is 2.27. The van der Waals surface area contributed by atoms with Crippen molar-refractivity contribution < 1.29 is 9.21 Å². The van der Waals surface area contributed by atoms with E-state index in [1.54, 1.807) is 0 Å². The quantitative estimate of drug-likeness (QED) is 0.853. The van der Waals surface area contributed by atoms with Gasteiger partial charge in [0.05, 0.1) is 24.9 Å². The van der Waals surface area contributed by atoms with E-state index in [0.717, 1.165) is 10.4 Å². The molecule has 2 heterocycles. The van der Waals surface area contributed by atoms with Gasteiger partial charge in [-0.3, -0.25) is 4.79 Å². The molecule has 6 heteroatoms. The molecule has 0 saturated heterocycles. The number of carbonyl (C=O) groups excluding carboxylic acids is 1. The van der Waals surface area contributed by atoms with Crippen LogP contribution in [0.3, 0.4) is 0 Å². The molecule has 0 spiro atoms. The van der Waals surface area contributed by atoms with E-state index in [1.165, 1.54) is 23.7 Å². The van der Waals surface area contributed by atoms with Gasteiger partial charge in [0.15, 0.2) is 0 Å². The average Bonchev–Trinajstić information content (AvgIpc) is 3.02. The molecule has 19 heavy (non-hydrogen) atoms. The number of hydrogen-bond acceptors (Lipinski definition) is 4. The maximum Gasteiger partial charge on any atom is 0.256 e. The van der Waals surface area contributed by atoms with E-state index >= 15 is 0 Å². The first-order valence-corrected chi connectivity index (χ1v) is 6.74. The lowest BCUT2D eigenvalue weighted by molar-refractivity contribution is 0.0951. The third kappa shape index (κ3) is 3.61. The number of rotatable bonds is 3. The second-order valence-corrected chi connectivity index (χ2v) is 4.94. The number of carbonyl (C=O) groups is 1. The Hall–Kier alpha value is -1.74. The van der Waals surface area contributed by atoms with Crippen LogP contribution in [0.25, 0.3) is 0 Å². The minimum atomic E-state index is -0.262. The molecule has 2 aromatic heterocycles. The Balaban J connectivity index is 1.94. The lowest BCUT2D eigenvalue weighted by Gasteiger charge is -2.01. The summed E-state index contributed by atoms with van der Waals surface area (Å²) in [5.74, 6) is 5.45. The molecule has 3 N–H and O–H groups in total. The van der Waals surface area contributed by atoms with E-state index in [9.17, 15) is 4.79 Å². The Morgan fingerprint density at radius 2 is 2.42 bits per heavy atom. The van der Waals surface area contributed by atoms with E-state index in [4.69, 9.17) is 21.8 Å². The number of furan rings is 1. The van der Waals surface area contributed by atoms with Crippen molar-refractivity contribution in [2.75, 3.05) is 6.54 Å². The summed E-state index contributed by atoms with van der Waals surface area (Å²) in [5, 5.41) is 4.79. The lowest BCUT2D eigenvalue weighted by Crippen LogP contribution is -2.22. The van der Waals surface area contributed by atoms with E-state index in [2.05, 4.69) is 17.2 Å². The Labute approximate surface area is 119 Å². The van der Waals surface area contributed by atoms with Crippen LogP contribution < -0.4 is 11.1 Å². The van der Waals surface area contributed by atoms with Crippen molar-refractivity contribution in [2.24, 2.45) is 5.73 Å². The summed E-state index contributed by atoms with van der Waals surface area (Å²) in [5.41, 5.74) is 6.54. The normalized spacial score (nSPS) is 9.79. The molecular weight excluding hydrogens is 284 g/mol. The van der Waals surface area contributed by atoms with Crippen molar-refractivity contribution in [3.63, 3.8) is 0 Å². The van der Waals surface area contributed by atoms with Gasteiger partial charge >= 0.3 is 0 Å². The SMILES string of the molecule is NCC#Cc1csc(CNC(=O)c2ccoc2Cl)c1. The Kier molecular flexibility index (Phi) is 4.63. The van der Waals surface area contributed by atoms with Crippen molar-refractivity contribution in [1.82, 2.24) is 5.32 Å². The van der Waals surface area contributed by atoms with E-state index in [0.29, 0.717) is 18.7 Å². The van der Waals surface area contributed by atoms with Crippen molar-refractivity contribution >= 4 is 28.8 Å². The minimum Gasteiger partial charge on any atom is -0.452 e. The second kappa shape index (κ2) is 6.43. The lowest BCUT2D eigenvalue weighted by atomic mass is 10.3. The maximum absolute atomic E-state index is 11.8.